The molecule has 5 rings (SSSR count). The highest BCUT2D eigenvalue weighted by molar-refractivity contribution is 7.91. The van der Waals surface area contributed by atoms with Crippen molar-refractivity contribution < 1.29 is 41.8 Å². The fourth-order valence-corrected chi connectivity index (χ4v) is 8.06. The van der Waals surface area contributed by atoms with Crippen LogP contribution in [0.4, 0.5) is 4.79 Å². The number of aromatic nitrogens is 1. The molecule has 0 bridgehead atoms. The first-order valence-electron chi connectivity index (χ1n) is 17.2. The molecule has 0 unspecified atom stereocenters. The molecule has 0 radical (unpaired) electrons. The minimum absolute atomic E-state index is 0.101. The Kier molecular flexibility index (Phi) is 10.6. The largest absolute Gasteiger partial charge is 0.494 e. The summed E-state index contributed by atoms with van der Waals surface area (Å²) in [6, 6.07) is 2.78. The minimum Gasteiger partial charge on any atom is -0.494 e. The summed E-state index contributed by atoms with van der Waals surface area (Å²) in [6.45, 7) is 15.8. The number of rotatable bonds is 11. The lowest BCUT2D eigenvalue weighted by Crippen LogP contribution is -2.61. The van der Waals surface area contributed by atoms with Gasteiger partial charge in [-0.15, -0.1) is 6.58 Å². The highest BCUT2D eigenvalue weighted by Crippen LogP contribution is 2.46. The lowest BCUT2D eigenvalue weighted by molar-refractivity contribution is -0.143. The van der Waals surface area contributed by atoms with E-state index in [1.54, 1.807) is 66.7 Å². The Morgan fingerprint density at radius 2 is 1.79 bits per heavy atom. The third kappa shape index (κ3) is 8.09. The molecule has 4 amide bonds. The van der Waals surface area contributed by atoms with Gasteiger partial charge in [0.05, 0.1) is 25.1 Å². The predicted molar refractivity (Wildman–Crippen MR) is 194 cm³/mol. The third-order valence-electron chi connectivity index (χ3n) is 9.63. The van der Waals surface area contributed by atoms with Gasteiger partial charge >= 0.3 is 6.09 Å². The summed E-state index contributed by atoms with van der Waals surface area (Å²) >= 11 is 6.35. The van der Waals surface area contributed by atoms with Gasteiger partial charge in [0.1, 0.15) is 35.1 Å². The van der Waals surface area contributed by atoms with Crippen LogP contribution in [0, 0.1) is 17.3 Å². The zero-order valence-electron chi connectivity index (χ0n) is 30.7. The van der Waals surface area contributed by atoms with Crippen LogP contribution in [0.5, 0.6) is 11.6 Å². The molecule has 14 nitrogen and oxygen atoms in total. The fourth-order valence-electron chi connectivity index (χ4n) is 6.53. The van der Waals surface area contributed by atoms with Crippen LogP contribution in [0.3, 0.4) is 0 Å². The van der Waals surface area contributed by atoms with E-state index in [9.17, 15) is 27.6 Å². The first kappa shape index (κ1) is 39.1. The monoisotopic (exact) mass is 761 g/mol. The van der Waals surface area contributed by atoms with Crippen molar-refractivity contribution in [3.8, 4) is 11.6 Å². The summed E-state index contributed by atoms with van der Waals surface area (Å²) in [4.78, 5) is 61.3. The number of hydrogen-bond acceptors (Lipinski definition) is 10. The Hall–Kier alpha value is -4.11. The van der Waals surface area contributed by atoms with Gasteiger partial charge < -0.3 is 29.7 Å². The van der Waals surface area contributed by atoms with Crippen molar-refractivity contribution in [3.05, 3.63) is 42.1 Å². The summed E-state index contributed by atoms with van der Waals surface area (Å²) in [5.74, 6) is -2.71. The number of benzene rings is 1. The number of methoxy groups -OCH3 is 1. The number of nitrogens with one attached hydrogen (secondary N) is 3. The number of amides is 4. The Bertz CT molecular complexity index is 1890. The van der Waals surface area contributed by atoms with Gasteiger partial charge in [0.2, 0.25) is 27.7 Å². The fraction of sp³-hybridized carbons (Fsp3) is 0.583. The minimum atomic E-state index is -3.92. The molecule has 6 atom stereocenters. The molecular formula is C36H48ClN5O9S. The summed E-state index contributed by atoms with van der Waals surface area (Å²) in [6.07, 6.45) is 2.38. The summed E-state index contributed by atoms with van der Waals surface area (Å²) in [7, 11) is -2.41. The average Bonchev–Trinajstić information content (AvgIpc) is 3.96. The molecule has 1 saturated heterocycles. The molecular weight excluding hydrogens is 714 g/mol. The predicted octanol–water partition coefficient (Wildman–Crippen LogP) is 4.10. The number of carbonyl (C=O) groups excluding carboxylic acids is 4. The molecule has 3 aliphatic rings. The van der Waals surface area contributed by atoms with E-state index >= 15 is 0 Å². The SMILES string of the molecule is C=C[C@@H]1C[C@]1(NC(=O)[C@@H]1[C@H](C)[C@@H](Oc2ncc(OC)c3ccc(Cl)cc23)CN1C(=O)[C@@H](NC(=O)OC(C)(C)C)C(C)(C)C)C(=O)NS(=O)(=O)C1CC1. The van der Waals surface area contributed by atoms with E-state index in [2.05, 4.69) is 26.9 Å². The number of pyridine rings is 1. The zero-order valence-corrected chi connectivity index (χ0v) is 32.3. The van der Waals surface area contributed by atoms with Crippen LogP contribution in [0.2, 0.25) is 5.02 Å². The molecule has 1 aromatic heterocycles. The maximum Gasteiger partial charge on any atom is 0.408 e. The number of halogens is 1. The number of hydrogen-bond donors (Lipinski definition) is 3. The van der Waals surface area contributed by atoms with Gasteiger partial charge in [0, 0.05) is 27.6 Å². The van der Waals surface area contributed by atoms with Crippen molar-refractivity contribution in [1.29, 1.82) is 0 Å². The lowest BCUT2D eigenvalue weighted by atomic mass is 9.85. The molecule has 2 aliphatic carbocycles. The third-order valence-corrected chi connectivity index (χ3v) is 11.7. The van der Waals surface area contributed by atoms with Crippen LogP contribution in [0.25, 0.3) is 10.8 Å². The van der Waals surface area contributed by atoms with Gasteiger partial charge in [-0.05, 0) is 63.6 Å². The van der Waals surface area contributed by atoms with Crippen LogP contribution in [0.15, 0.2) is 37.1 Å². The Morgan fingerprint density at radius 3 is 2.35 bits per heavy atom. The highest BCUT2D eigenvalue weighted by atomic mass is 35.5. The van der Waals surface area contributed by atoms with Crippen LogP contribution < -0.4 is 24.8 Å². The van der Waals surface area contributed by atoms with Gasteiger partial charge in [-0.25, -0.2) is 18.2 Å². The maximum atomic E-state index is 14.6. The molecule has 52 heavy (non-hydrogen) atoms. The van der Waals surface area contributed by atoms with Gasteiger partial charge in [0.15, 0.2) is 0 Å². The lowest BCUT2D eigenvalue weighted by Gasteiger charge is -2.36. The number of sulfonamides is 1. The van der Waals surface area contributed by atoms with Crippen molar-refractivity contribution in [2.75, 3.05) is 13.7 Å². The number of likely N-dealkylation sites (tertiary alicyclic amines) is 1. The van der Waals surface area contributed by atoms with E-state index in [1.165, 1.54) is 24.3 Å². The van der Waals surface area contributed by atoms with Crippen molar-refractivity contribution in [1.82, 2.24) is 25.2 Å². The molecule has 2 aromatic rings. The van der Waals surface area contributed by atoms with E-state index in [4.69, 9.17) is 25.8 Å². The van der Waals surface area contributed by atoms with Crippen LogP contribution >= 0.6 is 11.6 Å². The van der Waals surface area contributed by atoms with Crippen LogP contribution in [-0.2, 0) is 29.1 Å². The summed E-state index contributed by atoms with van der Waals surface area (Å²) in [5.41, 5.74) is -3.27. The first-order chi connectivity index (χ1) is 24.1. The van der Waals surface area contributed by atoms with Crippen LogP contribution in [0.1, 0.15) is 67.7 Å². The van der Waals surface area contributed by atoms with E-state index < -0.39 is 85.7 Å². The topological polar surface area (TPSA) is 182 Å². The van der Waals surface area contributed by atoms with Gasteiger partial charge in [-0.1, -0.05) is 45.4 Å². The average molecular weight is 762 g/mol. The highest BCUT2D eigenvalue weighted by Gasteiger charge is 2.62. The Labute approximate surface area is 309 Å². The van der Waals surface area contributed by atoms with Crippen molar-refractivity contribution in [2.24, 2.45) is 17.3 Å². The molecule has 1 aliphatic heterocycles. The number of fused-ring (bicyclic) bond motifs is 1. The second kappa shape index (κ2) is 14.0. The van der Waals surface area contributed by atoms with Crippen molar-refractivity contribution in [2.45, 2.75) is 102 Å². The normalized spacial score (nSPS) is 25.1. The van der Waals surface area contributed by atoms with Crippen molar-refractivity contribution >= 4 is 56.2 Å². The summed E-state index contributed by atoms with van der Waals surface area (Å²) < 4.78 is 45.0. The number of alkyl carbamates (subject to hydrolysis) is 1. The Morgan fingerprint density at radius 1 is 1.12 bits per heavy atom. The molecule has 1 aromatic carbocycles. The summed E-state index contributed by atoms with van der Waals surface area (Å²) in [5, 5.41) is 6.49. The molecule has 3 N–H and O–H groups in total. The number of carbonyl (C=O) groups is 4. The second-order valence-electron chi connectivity index (χ2n) is 15.9. The standard InChI is InChI=1S/C36H48ClN5O9S/c1-10-20-16-36(20,32(45)41-52(47,48)22-12-13-22)40-29(43)27-19(2)26(50-30-24-15-21(37)11-14-23(24)25(49-9)17-38-30)18-42(27)31(44)28(34(3,4)5)39-33(46)51-35(6,7)8/h10-11,14-15,17,19-20,22,26-28H,1,12-13,16,18H2,2-9H3,(H,39,46)(H,40,43)(H,41,45)/t19-,20-,26+,27+,28-,36-/m1/s1. The van der Waals surface area contributed by atoms with E-state index in [-0.39, 0.29) is 18.8 Å². The van der Waals surface area contributed by atoms with Crippen molar-refractivity contribution in [3.63, 3.8) is 0 Å². The molecule has 0 spiro atoms. The van der Waals surface area contributed by atoms with E-state index in [0.29, 0.717) is 34.4 Å². The number of ether oxygens (including phenoxy) is 3. The quantitative estimate of drug-likeness (QED) is 0.282. The maximum absolute atomic E-state index is 14.6. The van der Waals surface area contributed by atoms with Crippen LogP contribution in [-0.4, -0.2) is 90.3 Å². The molecule has 2 saturated carbocycles. The first-order valence-corrected chi connectivity index (χ1v) is 19.1. The zero-order chi connectivity index (χ0) is 38.6. The van der Waals surface area contributed by atoms with Gasteiger partial charge in [-0.3, -0.25) is 19.1 Å². The smallest absolute Gasteiger partial charge is 0.408 e. The molecule has 3 fully saturated rings. The molecule has 16 heteroatoms. The van der Waals surface area contributed by atoms with E-state index in [0.717, 1.165) is 0 Å². The number of nitrogens with zero attached hydrogens (tertiary/aromatic N) is 2. The van der Waals surface area contributed by atoms with E-state index in [1.807, 2.05) is 0 Å². The van der Waals surface area contributed by atoms with Gasteiger partial charge in [-0.2, -0.15) is 0 Å². The van der Waals surface area contributed by atoms with Gasteiger partial charge in [0.25, 0.3) is 5.91 Å². The Balaban J connectivity index is 1.50. The molecule has 284 valence electrons. The second-order valence-corrected chi connectivity index (χ2v) is 18.3. The molecule has 2 heterocycles.